The number of ether oxygens (including phenoxy) is 2. The largest absolute Gasteiger partial charge is 0.490 e. The summed E-state index contributed by atoms with van der Waals surface area (Å²) < 4.78 is 50.6. The van der Waals surface area contributed by atoms with Gasteiger partial charge in [0.25, 0.3) is 0 Å². The highest BCUT2D eigenvalue weighted by molar-refractivity contribution is 5.85. The molecule has 2 aromatic rings. The molecule has 0 aromatic heterocycles. The highest BCUT2D eigenvalue weighted by Crippen LogP contribution is 2.36. The lowest BCUT2D eigenvalue weighted by Gasteiger charge is -2.35. The predicted octanol–water partition coefficient (Wildman–Crippen LogP) is 5.80. The van der Waals surface area contributed by atoms with Crippen molar-refractivity contribution in [2.75, 3.05) is 32.8 Å². The number of hydrogen-bond acceptors (Lipinski definition) is 4. The number of piperazine rings is 1. The van der Waals surface area contributed by atoms with Gasteiger partial charge in [-0.05, 0) is 36.6 Å². The van der Waals surface area contributed by atoms with Gasteiger partial charge in [0.15, 0.2) is 11.5 Å². The van der Waals surface area contributed by atoms with Gasteiger partial charge in [-0.1, -0.05) is 36.4 Å². The van der Waals surface area contributed by atoms with Crippen molar-refractivity contribution in [3.63, 3.8) is 0 Å². The maximum absolute atomic E-state index is 12.9. The van der Waals surface area contributed by atoms with E-state index >= 15 is 0 Å². The Morgan fingerprint density at radius 2 is 1.66 bits per heavy atom. The Morgan fingerprint density at radius 1 is 0.969 bits per heavy atom. The summed E-state index contributed by atoms with van der Waals surface area (Å²) in [4.78, 5) is 2.12. The molecule has 2 aromatic carbocycles. The van der Waals surface area contributed by atoms with Crippen molar-refractivity contribution >= 4 is 24.8 Å². The predicted molar refractivity (Wildman–Crippen MR) is 125 cm³/mol. The molecule has 0 amide bonds. The van der Waals surface area contributed by atoms with Crippen LogP contribution in [0.25, 0.3) is 0 Å². The summed E-state index contributed by atoms with van der Waals surface area (Å²) in [7, 11) is 0. The Balaban J connectivity index is 0.00000256. The average Bonchev–Trinajstić information content (AvgIpc) is 2.74. The van der Waals surface area contributed by atoms with E-state index in [1.54, 1.807) is 0 Å². The van der Waals surface area contributed by atoms with Gasteiger partial charge in [0.1, 0.15) is 6.61 Å². The summed E-state index contributed by atoms with van der Waals surface area (Å²) in [6.07, 6.45) is -4.95. The lowest BCUT2D eigenvalue weighted by atomic mass is 9.98. The average molecular weight is 495 g/mol. The molecular formula is C23H31Cl2F3N2O2. The third kappa shape index (κ3) is 8.70. The first kappa shape index (κ1) is 28.4. The van der Waals surface area contributed by atoms with Gasteiger partial charge in [-0.25, -0.2) is 0 Å². The quantitative estimate of drug-likeness (QED) is 0.477. The van der Waals surface area contributed by atoms with Gasteiger partial charge in [0, 0.05) is 38.6 Å². The molecule has 180 valence electrons. The fraction of sp³-hybridized carbons (Fsp3) is 0.478. The minimum Gasteiger partial charge on any atom is -0.490 e. The van der Waals surface area contributed by atoms with Gasteiger partial charge < -0.3 is 14.8 Å². The zero-order valence-corrected chi connectivity index (χ0v) is 19.7. The second-order valence-electron chi connectivity index (χ2n) is 7.37. The molecule has 1 aliphatic rings. The lowest BCUT2D eigenvalue weighted by Crippen LogP contribution is -2.45. The first-order valence-corrected chi connectivity index (χ1v) is 10.4. The van der Waals surface area contributed by atoms with Gasteiger partial charge in [0.2, 0.25) is 0 Å². The third-order valence-electron chi connectivity index (χ3n) is 5.18. The molecular weight excluding hydrogens is 464 g/mol. The fourth-order valence-corrected chi connectivity index (χ4v) is 3.71. The number of rotatable bonds is 9. The first-order valence-electron chi connectivity index (χ1n) is 10.4. The lowest BCUT2D eigenvalue weighted by molar-refractivity contribution is -0.138. The van der Waals surface area contributed by atoms with Gasteiger partial charge in [-0.15, -0.1) is 24.8 Å². The number of nitrogens with one attached hydrogen (secondary N) is 1. The van der Waals surface area contributed by atoms with E-state index in [2.05, 4.69) is 10.2 Å². The normalized spacial score (nSPS) is 15.2. The molecule has 4 nitrogen and oxygen atoms in total. The van der Waals surface area contributed by atoms with Crippen molar-refractivity contribution in [2.45, 2.75) is 38.6 Å². The van der Waals surface area contributed by atoms with Crippen LogP contribution in [0.1, 0.15) is 36.9 Å². The van der Waals surface area contributed by atoms with E-state index in [0.29, 0.717) is 24.7 Å². The minimum atomic E-state index is -4.17. The maximum atomic E-state index is 12.9. The highest BCUT2D eigenvalue weighted by Gasteiger charge is 2.31. The SMILES string of the molecule is CCOc1cc([C@@H](CCC(F)(F)F)N2CCNCC2)ccc1OCc1ccccc1.Cl.Cl. The van der Waals surface area contributed by atoms with E-state index in [0.717, 1.165) is 37.3 Å². The van der Waals surface area contributed by atoms with E-state index in [1.165, 1.54) is 0 Å². The molecule has 32 heavy (non-hydrogen) atoms. The second kappa shape index (κ2) is 13.8. The van der Waals surface area contributed by atoms with Crippen molar-refractivity contribution in [3.05, 3.63) is 59.7 Å². The maximum Gasteiger partial charge on any atom is 0.389 e. The van der Waals surface area contributed by atoms with Gasteiger partial charge >= 0.3 is 6.18 Å². The molecule has 1 heterocycles. The Hall–Kier alpha value is -1.67. The van der Waals surface area contributed by atoms with Crippen molar-refractivity contribution in [2.24, 2.45) is 0 Å². The molecule has 0 aliphatic carbocycles. The van der Waals surface area contributed by atoms with Crippen LogP contribution in [0.2, 0.25) is 0 Å². The molecule has 1 fully saturated rings. The zero-order chi connectivity index (χ0) is 21.4. The molecule has 0 spiro atoms. The highest BCUT2D eigenvalue weighted by atomic mass is 35.5. The Kier molecular flexibility index (Phi) is 12.2. The van der Waals surface area contributed by atoms with Gasteiger partial charge in [0.05, 0.1) is 6.61 Å². The van der Waals surface area contributed by atoms with Crippen LogP contribution in [0.4, 0.5) is 13.2 Å². The monoisotopic (exact) mass is 494 g/mol. The van der Waals surface area contributed by atoms with Crippen LogP contribution in [-0.4, -0.2) is 43.9 Å². The van der Waals surface area contributed by atoms with Crippen LogP contribution >= 0.6 is 24.8 Å². The van der Waals surface area contributed by atoms with E-state index < -0.39 is 12.6 Å². The van der Waals surface area contributed by atoms with Crippen LogP contribution in [0.3, 0.4) is 0 Å². The number of nitrogens with zero attached hydrogens (tertiary/aromatic N) is 1. The molecule has 0 saturated carbocycles. The van der Waals surface area contributed by atoms with Crippen LogP contribution in [0.15, 0.2) is 48.5 Å². The van der Waals surface area contributed by atoms with Crippen molar-refractivity contribution in [3.8, 4) is 11.5 Å². The third-order valence-corrected chi connectivity index (χ3v) is 5.18. The van der Waals surface area contributed by atoms with Crippen LogP contribution in [0.5, 0.6) is 11.5 Å². The second-order valence-corrected chi connectivity index (χ2v) is 7.37. The standard InChI is InChI=1S/C23H29F3N2O2.2ClH/c1-2-29-22-16-19(8-9-21(22)30-17-18-6-4-3-5-7-18)20(10-11-23(24,25)26)28-14-12-27-13-15-28;;/h3-9,16,20,27H,2,10-15,17H2,1H3;2*1H/t20-;;/m1../s1. The van der Waals surface area contributed by atoms with Gasteiger partial charge in [-0.3, -0.25) is 4.90 Å². The Bertz CT molecular complexity index is 789. The zero-order valence-electron chi connectivity index (χ0n) is 18.1. The molecule has 1 atom stereocenters. The summed E-state index contributed by atoms with van der Waals surface area (Å²) in [5.74, 6) is 1.16. The van der Waals surface area contributed by atoms with Crippen molar-refractivity contribution in [1.82, 2.24) is 10.2 Å². The number of benzene rings is 2. The van der Waals surface area contributed by atoms with Gasteiger partial charge in [-0.2, -0.15) is 13.2 Å². The summed E-state index contributed by atoms with van der Waals surface area (Å²) in [5, 5.41) is 3.26. The van der Waals surface area contributed by atoms with E-state index in [9.17, 15) is 13.2 Å². The number of hydrogen-bond donors (Lipinski definition) is 1. The fourth-order valence-electron chi connectivity index (χ4n) is 3.71. The first-order chi connectivity index (χ1) is 14.5. The number of halogens is 5. The summed E-state index contributed by atoms with van der Waals surface area (Å²) in [6, 6.07) is 15.0. The van der Waals surface area contributed by atoms with Crippen LogP contribution in [0, 0.1) is 0 Å². The van der Waals surface area contributed by atoms with Crippen LogP contribution in [-0.2, 0) is 6.61 Å². The molecule has 1 saturated heterocycles. The summed E-state index contributed by atoms with van der Waals surface area (Å²) >= 11 is 0. The number of alkyl halides is 3. The summed E-state index contributed by atoms with van der Waals surface area (Å²) in [5.41, 5.74) is 1.87. The van der Waals surface area contributed by atoms with Crippen molar-refractivity contribution in [1.29, 1.82) is 0 Å². The van der Waals surface area contributed by atoms with Crippen molar-refractivity contribution < 1.29 is 22.6 Å². The summed E-state index contributed by atoms with van der Waals surface area (Å²) in [6.45, 7) is 5.72. The Labute approximate surface area is 200 Å². The molecule has 0 radical (unpaired) electrons. The molecule has 0 unspecified atom stereocenters. The van der Waals surface area contributed by atoms with Crippen LogP contribution < -0.4 is 14.8 Å². The molecule has 9 heteroatoms. The Morgan fingerprint density at radius 3 is 2.28 bits per heavy atom. The van der Waals surface area contributed by atoms with E-state index in [1.807, 2.05) is 55.5 Å². The van der Waals surface area contributed by atoms with E-state index in [4.69, 9.17) is 9.47 Å². The molecule has 1 N–H and O–H groups in total. The molecule has 3 rings (SSSR count). The molecule has 0 bridgehead atoms. The molecule has 1 aliphatic heterocycles. The topological polar surface area (TPSA) is 33.7 Å². The minimum absolute atomic E-state index is 0. The van der Waals surface area contributed by atoms with E-state index in [-0.39, 0.29) is 37.3 Å². The smallest absolute Gasteiger partial charge is 0.389 e.